The molecule has 0 heterocycles. The van der Waals surface area contributed by atoms with Gasteiger partial charge in [-0.1, -0.05) is 18.2 Å². The summed E-state index contributed by atoms with van der Waals surface area (Å²) < 4.78 is 10.1. The van der Waals surface area contributed by atoms with Gasteiger partial charge in [-0.25, -0.2) is 0 Å². The molecule has 0 amide bonds. The number of rotatable bonds is 5. The van der Waals surface area contributed by atoms with Crippen molar-refractivity contribution < 1.29 is 14.6 Å². The molecule has 0 bridgehead atoms. The van der Waals surface area contributed by atoms with E-state index in [2.05, 4.69) is 0 Å². The van der Waals surface area contributed by atoms with E-state index in [1.807, 2.05) is 18.2 Å². The highest BCUT2D eigenvalue weighted by atomic mass is 16.7. The Hall–Kier alpha value is -1.06. The fraction of sp³-hybridized carbons (Fsp3) is 0.455. The monoisotopic (exact) mass is 196 g/mol. The van der Waals surface area contributed by atoms with Crippen LogP contribution in [0.2, 0.25) is 0 Å². The fourth-order valence-corrected chi connectivity index (χ4v) is 1.33. The minimum atomic E-state index is -0.199. The lowest BCUT2D eigenvalue weighted by Crippen LogP contribution is -2.13. The third-order valence-corrected chi connectivity index (χ3v) is 2.17. The van der Waals surface area contributed by atoms with Gasteiger partial charge in [-0.05, 0) is 18.1 Å². The predicted octanol–water partition coefficient (Wildman–Crippen LogP) is 1.94. The Labute approximate surface area is 84.3 Å². The summed E-state index contributed by atoms with van der Waals surface area (Å²) >= 11 is 0. The van der Waals surface area contributed by atoms with E-state index in [1.54, 1.807) is 20.3 Å². The molecule has 3 nitrogen and oxygen atoms in total. The quantitative estimate of drug-likeness (QED) is 0.731. The number of aryl methyl sites for hydroxylation is 1. The average Bonchev–Trinajstić information content (AvgIpc) is 2.22. The smallest absolute Gasteiger partial charge is 0.157 e. The lowest BCUT2D eigenvalue weighted by Gasteiger charge is -2.13. The molecule has 1 rings (SSSR count). The van der Waals surface area contributed by atoms with Crippen molar-refractivity contribution in [3.8, 4) is 5.75 Å². The molecule has 0 radical (unpaired) electrons. The first-order chi connectivity index (χ1) is 6.77. The van der Waals surface area contributed by atoms with E-state index in [1.165, 1.54) is 0 Å². The Bertz CT molecular complexity index is 269. The molecule has 0 aliphatic heterocycles. The van der Waals surface area contributed by atoms with Gasteiger partial charge in [0.05, 0.1) is 0 Å². The normalized spacial score (nSPS) is 10.8. The second kappa shape index (κ2) is 5.62. The van der Waals surface area contributed by atoms with Crippen molar-refractivity contribution in [2.24, 2.45) is 0 Å². The van der Waals surface area contributed by atoms with E-state index >= 15 is 0 Å². The Morgan fingerprint density at radius 1 is 1.21 bits per heavy atom. The largest absolute Gasteiger partial charge is 0.508 e. The van der Waals surface area contributed by atoms with Gasteiger partial charge < -0.3 is 14.6 Å². The minimum Gasteiger partial charge on any atom is -0.508 e. The van der Waals surface area contributed by atoms with Crippen molar-refractivity contribution in [1.82, 2.24) is 0 Å². The lowest BCUT2D eigenvalue weighted by atomic mass is 10.1. The molecule has 0 spiro atoms. The average molecular weight is 196 g/mol. The molecule has 3 heteroatoms. The van der Waals surface area contributed by atoms with Gasteiger partial charge in [-0.2, -0.15) is 0 Å². The Morgan fingerprint density at radius 3 is 2.43 bits per heavy atom. The van der Waals surface area contributed by atoms with Crippen LogP contribution in [0.15, 0.2) is 24.3 Å². The molecule has 0 saturated heterocycles. The molecular formula is C11H16O3. The summed E-state index contributed by atoms with van der Waals surface area (Å²) in [7, 11) is 3.22. The van der Waals surface area contributed by atoms with Gasteiger partial charge in [-0.15, -0.1) is 0 Å². The van der Waals surface area contributed by atoms with E-state index in [4.69, 9.17) is 9.47 Å². The van der Waals surface area contributed by atoms with Gasteiger partial charge in [0.2, 0.25) is 0 Å². The van der Waals surface area contributed by atoms with E-state index in [0.29, 0.717) is 5.75 Å². The van der Waals surface area contributed by atoms with E-state index in [0.717, 1.165) is 18.4 Å². The van der Waals surface area contributed by atoms with Crippen LogP contribution in [-0.2, 0) is 15.9 Å². The standard InChI is InChI=1S/C11H16O3/c1-13-11(14-2)8-7-9-5-3-4-6-10(9)12/h3-6,11-12H,7-8H2,1-2H3. The molecule has 14 heavy (non-hydrogen) atoms. The SMILES string of the molecule is COC(CCc1ccccc1O)OC. The third kappa shape index (κ3) is 3.01. The van der Waals surface area contributed by atoms with Crippen LogP contribution in [0.3, 0.4) is 0 Å². The molecule has 0 saturated carbocycles. The summed E-state index contributed by atoms with van der Waals surface area (Å²) in [5, 5.41) is 9.49. The zero-order valence-corrected chi connectivity index (χ0v) is 8.56. The van der Waals surface area contributed by atoms with Crippen LogP contribution in [-0.4, -0.2) is 25.6 Å². The second-order valence-corrected chi connectivity index (χ2v) is 3.07. The van der Waals surface area contributed by atoms with Gasteiger partial charge in [0, 0.05) is 20.6 Å². The van der Waals surface area contributed by atoms with Gasteiger partial charge >= 0.3 is 0 Å². The number of para-hydroxylation sites is 1. The second-order valence-electron chi connectivity index (χ2n) is 3.07. The molecule has 1 N–H and O–H groups in total. The van der Waals surface area contributed by atoms with Gasteiger partial charge in [0.15, 0.2) is 6.29 Å². The zero-order valence-electron chi connectivity index (χ0n) is 8.56. The maximum atomic E-state index is 9.49. The topological polar surface area (TPSA) is 38.7 Å². The minimum absolute atomic E-state index is 0.199. The van der Waals surface area contributed by atoms with Crippen LogP contribution in [0.25, 0.3) is 0 Å². The molecule has 0 aromatic heterocycles. The highest BCUT2D eigenvalue weighted by molar-refractivity contribution is 5.31. The van der Waals surface area contributed by atoms with Gasteiger partial charge in [0.25, 0.3) is 0 Å². The fourth-order valence-electron chi connectivity index (χ4n) is 1.33. The third-order valence-electron chi connectivity index (χ3n) is 2.17. The maximum Gasteiger partial charge on any atom is 0.157 e. The van der Waals surface area contributed by atoms with Crippen molar-refractivity contribution in [3.63, 3.8) is 0 Å². The van der Waals surface area contributed by atoms with Crippen molar-refractivity contribution in [2.45, 2.75) is 19.1 Å². The number of ether oxygens (including phenoxy) is 2. The van der Waals surface area contributed by atoms with Gasteiger partial charge in [0.1, 0.15) is 5.75 Å². The summed E-state index contributed by atoms with van der Waals surface area (Å²) in [6, 6.07) is 7.30. The lowest BCUT2D eigenvalue weighted by molar-refractivity contribution is -0.105. The first-order valence-corrected chi connectivity index (χ1v) is 4.60. The summed E-state index contributed by atoms with van der Waals surface area (Å²) in [6.45, 7) is 0. The molecule has 1 aromatic carbocycles. The number of hydrogen-bond acceptors (Lipinski definition) is 3. The highest BCUT2D eigenvalue weighted by Crippen LogP contribution is 2.18. The summed E-state index contributed by atoms with van der Waals surface area (Å²) in [4.78, 5) is 0. The van der Waals surface area contributed by atoms with Crippen molar-refractivity contribution in [1.29, 1.82) is 0 Å². The summed E-state index contributed by atoms with van der Waals surface area (Å²) in [5.74, 6) is 0.332. The van der Waals surface area contributed by atoms with Crippen LogP contribution in [0.5, 0.6) is 5.75 Å². The van der Waals surface area contributed by atoms with Crippen molar-refractivity contribution >= 4 is 0 Å². The van der Waals surface area contributed by atoms with E-state index in [9.17, 15) is 5.11 Å². The number of phenolic OH excluding ortho intramolecular Hbond substituents is 1. The van der Waals surface area contributed by atoms with Crippen LogP contribution in [0.4, 0.5) is 0 Å². The number of hydrogen-bond donors (Lipinski definition) is 1. The highest BCUT2D eigenvalue weighted by Gasteiger charge is 2.06. The van der Waals surface area contributed by atoms with Crippen LogP contribution in [0.1, 0.15) is 12.0 Å². The molecule has 0 aliphatic rings. The first kappa shape index (κ1) is 11.0. The zero-order chi connectivity index (χ0) is 10.4. The molecule has 0 unspecified atom stereocenters. The van der Waals surface area contributed by atoms with E-state index < -0.39 is 0 Å². The molecule has 78 valence electrons. The van der Waals surface area contributed by atoms with Crippen LogP contribution in [0, 0.1) is 0 Å². The molecule has 0 aliphatic carbocycles. The van der Waals surface area contributed by atoms with E-state index in [-0.39, 0.29) is 6.29 Å². The Morgan fingerprint density at radius 2 is 1.86 bits per heavy atom. The Kier molecular flexibility index (Phi) is 4.43. The number of benzene rings is 1. The summed E-state index contributed by atoms with van der Waals surface area (Å²) in [5.41, 5.74) is 0.923. The maximum absolute atomic E-state index is 9.49. The molecular weight excluding hydrogens is 180 g/mol. The Balaban J connectivity index is 2.49. The van der Waals surface area contributed by atoms with Gasteiger partial charge in [-0.3, -0.25) is 0 Å². The van der Waals surface area contributed by atoms with Crippen LogP contribution < -0.4 is 0 Å². The molecule has 0 fully saturated rings. The summed E-state index contributed by atoms with van der Waals surface area (Å²) in [6.07, 6.45) is 1.29. The number of phenols is 1. The van der Waals surface area contributed by atoms with Crippen molar-refractivity contribution in [2.75, 3.05) is 14.2 Å². The predicted molar refractivity (Wildman–Crippen MR) is 54.2 cm³/mol. The first-order valence-electron chi connectivity index (χ1n) is 4.60. The van der Waals surface area contributed by atoms with Crippen molar-refractivity contribution in [3.05, 3.63) is 29.8 Å². The molecule has 0 atom stereocenters. The van der Waals surface area contributed by atoms with Crippen LogP contribution >= 0.6 is 0 Å². The number of aromatic hydroxyl groups is 1. The number of methoxy groups -OCH3 is 2. The molecule has 1 aromatic rings.